The first kappa shape index (κ1) is 22.5. The standard InChI is InChI=1S/C19H26FN5O.CH2O2/c20-15-8-3-4-9-16(15)25-19(22-18(23-25)14-17(21)26)10-7-13-24-11-5-1-2-6-12-24;2-1-3/h3-4,8-9H,1-2,5-7,10-14H2,(H2,21,26);1H,(H,2,3). The highest BCUT2D eigenvalue weighted by Crippen LogP contribution is 2.16. The topological polar surface area (TPSA) is 114 Å². The van der Waals surface area contributed by atoms with Gasteiger partial charge in [-0.15, -0.1) is 0 Å². The molecule has 1 amide bonds. The molecule has 0 spiro atoms. The molecule has 9 heteroatoms. The number of primary amides is 1. The minimum absolute atomic E-state index is 0.0411. The predicted molar refractivity (Wildman–Crippen MR) is 106 cm³/mol. The molecule has 3 rings (SSSR count). The molecule has 1 aromatic carbocycles. The number of para-hydroxylation sites is 1. The van der Waals surface area contributed by atoms with E-state index in [0.29, 0.717) is 23.8 Å². The molecular weight excluding hydrogens is 377 g/mol. The maximum Gasteiger partial charge on any atom is 0.290 e. The monoisotopic (exact) mass is 405 g/mol. The van der Waals surface area contributed by atoms with Crippen molar-refractivity contribution in [3.05, 3.63) is 41.7 Å². The van der Waals surface area contributed by atoms with E-state index >= 15 is 0 Å². The molecular formula is C20H28FN5O3. The van der Waals surface area contributed by atoms with Gasteiger partial charge in [0, 0.05) is 6.42 Å². The molecule has 29 heavy (non-hydrogen) atoms. The van der Waals surface area contributed by atoms with Gasteiger partial charge in [0.2, 0.25) is 5.91 Å². The lowest BCUT2D eigenvalue weighted by atomic mass is 10.2. The number of aryl methyl sites for hydroxylation is 1. The van der Waals surface area contributed by atoms with Crippen LogP contribution >= 0.6 is 0 Å². The summed E-state index contributed by atoms with van der Waals surface area (Å²) >= 11 is 0. The van der Waals surface area contributed by atoms with E-state index in [1.807, 2.05) is 0 Å². The van der Waals surface area contributed by atoms with Crippen molar-refractivity contribution in [2.45, 2.75) is 44.9 Å². The van der Waals surface area contributed by atoms with E-state index in [1.165, 1.54) is 36.4 Å². The number of likely N-dealkylation sites (tertiary alicyclic amines) is 1. The third kappa shape index (κ3) is 7.26. The van der Waals surface area contributed by atoms with Gasteiger partial charge >= 0.3 is 0 Å². The maximum atomic E-state index is 14.2. The fraction of sp³-hybridized carbons (Fsp3) is 0.500. The number of aromatic nitrogens is 3. The zero-order valence-corrected chi connectivity index (χ0v) is 16.5. The molecule has 2 aromatic rings. The normalized spacial score (nSPS) is 14.5. The minimum Gasteiger partial charge on any atom is -0.483 e. The van der Waals surface area contributed by atoms with Gasteiger partial charge in [-0.25, -0.2) is 14.1 Å². The van der Waals surface area contributed by atoms with Crippen molar-refractivity contribution in [2.75, 3.05) is 19.6 Å². The number of carboxylic acid groups (broad SMARTS) is 1. The maximum absolute atomic E-state index is 14.2. The van der Waals surface area contributed by atoms with Crippen LogP contribution in [0.5, 0.6) is 0 Å². The van der Waals surface area contributed by atoms with Crippen LogP contribution in [0.25, 0.3) is 5.69 Å². The number of hydrogen-bond donors (Lipinski definition) is 2. The van der Waals surface area contributed by atoms with E-state index in [1.54, 1.807) is 18.2 Å². The molecule has 8 nitrogen and oxygen atoms in total. The second-order valence-corrected chi connectivity index (χ2v) is 6.92. The van der Waals surface area contributed by atoms with Gasteiger partial charge in [0.1, 0.15) is 17.3 Å². The third-order valence-electron chi connectivity index (χ3n) is 4.70. The smallest absolute Gasteiger partial charge is 0.290 e. The van der Waals surface area contributed by atoms with Crippen LogP contribution < -0.4 is 5.73 Å². The summed E-state index contributed by atoms with van der Waals surface area (Å²) in [6.45, 7) is 3.04. The van der Waals surface area contributed by atoms with Crippen molar-refractivity contribution in [2.24, 2.45) is 5.73 Å². The lowest BCUT2D eigenvalue weighted by Crippen LogP contribution is -2.26. The minimum atomic E-state index is -0.494. The van der Waals surface area contributed by atoms with Gasteiger partial charge in [-0.05, 0) is 51.0 Å². The fourth-order valence-electron chi connectivity index (χ4n) is 3.42. The van der Waals surface area contributed by atoms with Crippen LogP contribution in [0.2, 0.25) is 0 Å². The van der Waals surface area contributed by atoms with Crippen LogP contribution in [-0.4, -0.2) is 56.8 Å². The van der Waals surface area contributed by atoms with E-state index < -0.39 is 5.91 Å². The molecule has 158 valence electrons. The Labute approximate surface area is 169 Å². The van der Waals surface area contributed by atoms with Gasteiger partial charge in [-0.2, -0.15) is 5.10 Å². The Bertz CT molecular complexity index is 788. The summed E-state index contributed by atoms with van der Waals surface area (Å²) < 4.78 is 15.7. The lowest BCUT2D eigenvalue weighted by Gasteiger charge is -2.19. The lowest BCUT2D eigenvalue weighted by molar-refractivity contribution is -0.123. The first-order valence-electron chi connectivity index (χ1n) is 9.83. The van der Waals surface area contributed by atoms with Gasteiger partial charge in [0.05, 0.1) is 6.42 Å². The number of rotatable bonds is 7. The van der Waals surface area contributed by atoms with Crippen molar-refractivity contribution < 1.29 is 19.1 Å². The zero-order valence-electron chi connectivity index (χ0n) is 16.5. The Morgan fingerprint density at radius 1 is 1.21 bits per heavy atom. The quantitative estimate of drug-likeness (QED) is 0.681. The first-order chi connectivity index (χ1) is 14.0. The van der Waals surface area contributed by atoms with Crippen LogP contribution in [0.4, 0.5) is 4.39 Å². The van der Waals surface area contributed by atoms with Crippen molar-refractivity contribution >= 4 is 12.4 Å². The summed E-state index contributed by atoms with van der Waals surface area (Å²) in [6, 6.07) is 6.45. The number of halogens is 1. The number of nitrogens with two attached hydrogens (primary N) is 1. The predicted octanol–water partition coefficient (Wildman–Crippen LogP) is 1.94. The molecule has 0 bridgehead atoms. The largest absolute Gasteiger partial charge is 0.483 e. The van der Waals surface area contributed by atoms with Crippen molar-refractivity contribution in [3.63, 3.8) is 0 Å². The second kappa shape index (κ2) is 11.9. The molecule has 1 saturated heterocycles. The number of carbonyl (C=O) groups excluding carboxylic acids is 1. The van der Waals surface area contributed by atoms with Gasteiger partial charge < -0.3 is 15.7 Å². The summed E-state index contributed by atoms with van der Waals surface area (Å²) in [5.74, 6) is 0.148. The Morgan fingerprint density at radius 3 is 2.48 bits per heavy atom. The number of hydrogen-bond acceptors (Lipinski definition) is 5. The van der Waals surface area contributed by atoms with Gasteiger partial charge in [-0.3, -0.25) is 9.59 Å². The molecule has 0 unspecified atom stereocenters. The van der Waals surface area contributed by atoms with Gasteiger partial charge in [0.25, 0.3) is 6.47 Å². The molecule has 0 atom stereocenters. The van der Waals surface area contributed by atoms with Crippen molar-refractivity contribution in [1.82, 2.24) is 19.7 Å². The van der Waals surface area contributed by atoms with Crippen LogP contribution in [0.1, 0.15) is 43.8 Å². The number of carbonyl (C=O) groups is 2. The molecule has 1 aliphatic heterocycles. The molecule has 1 aromatic heterocycles. The zero-order chi connectivity index (χ0) is 21.1. The van der Waals surface area contributed by atoms with Gasteiger partial charge in [-0.1, -0.05) is 25.0 Å². The molecule has 0 saturated carbocycles. The summed E-state index contributed by atoms with van der Waals surface area (Å²) in [7, 11) is 0. The third-order valence-corrected chi connectivity index (χ3v) is 4.70. The van der Waals surface area contributed by atoms with Crippen LogP contribution in [0.3, 0.4) is 0 Å². The Kier molecular flexibility index (Phi) is 9.23. The highest BCUT2D eigenvalue weighted by Gasteiger charge is 2.16. The fourth-order valence-corrected chi connectivity index (χ4v) is 3.42. The molecule has 1 aliphatic rings. The average Bonchev–Trinajstić information content (AvgIpc) is 2.88. The Hall–Kier alpha value is -2.81. The molecule has 3 N–H and O–H groups in total. The highest BCUT2D eigenvalue weighted by molar-refractivity contribution is 5.75. The van der Waals surface area contributed by atoms with E-state index in [2.05, 4.69) is 15.0 Å². The molecule has 0 radical (unpaired) electrons. The summed E-state index contributed by atoms with van der Waals surface area (Å²) in [5.41, 5.74) is 5.60. The van der Waals surface area contributed by atoms with E-state index in [9.17, 15) is 9.18 Å². The van der Waals surface area contributed by atoms with E-state index in [0.717, 1.165) is 26.1 Å². The van der Waals surface area contributed by atoms with E-state index in [4.69, 9.17) is 15.6 Å². The van der Waals surface area contributed by atoms with Crippen LogP contribution in [0.15, 0.2) is 24.3 Å². The summed E-state index contributed by atoms with van der Waals surface area (Å²) in [5, 5.41) is 11.2. The molecule has 1 fully saturated rings. The van der Waals surface area contributed by atoms with E-state index in [-0.39, 0.29) is 18.7 Å². The van der Waals surface area contributed by atoms with Crippen LogP contribution in [-0.2, 0) is 22.4 Å². The number of benzene rings is 1. The Balaban J connectivity index is 0.000000941. The number of amides is 1. The Morgan fingerprint density at radius 2 is 1.86 bits per heavy atom. The van der Waals surface area contributed by atoms with Crippen molar-refractivity contribution in [1.29, 1.82) is 0 Å². The molecule has 0 aliphatic carbocycles. The van der Waals surface area contributed by atoms with Crippen LogP contribution in [0, 0.1) is 5.82 Å². The average molecular weight is 405 g/mol. The highest BCUT2D eigenvalue weighted by atomic mass is 19.1. The van der Waals surface area contributed by atoms with Crippen molar-refractivity contribution in [3.8, 4) is 5.69 Å². The second-order valence-electron chi connectivity index (χ2n) is 6.92. The van der Waals surface area contributed by atoms with Gasteiger partial charge in [0.15, 0.2) is 5.82 Å². The SMILES string of the molecule is NC(=O)Cc1nc(CCCN2CCCCCC2)n(-c2ccccc2F)n1.O=CO. The summed E-state index contributed by atoms with van der Waals surface area (Å²) in [6.07, 6.45) is 6.70. The molecule has 2 heterocycles. The first-order valence-corrected chi connectivity index (χ1v) is 9.83. The summed E-state index contributed by atoms with van der Waals surface area (Å²) in [4.78, 5) is 26.5. The number of nitrogens with zero attached hydrogens (tertiary/aromatic N) is 4.